The molecule has 0 radical (unpaired) electrons. The second kappa shape index (κ2) is 4.68. The number of hydrogen-bond donors (Lipinski definition) is 1. The normalized spacial score (nSPS) is 55.7. The maximum Gasteiger partial charge on any atom is 0.155 e. The van der Waals surface area contributed by atoms with E-state index >= 15 is 4.39 Å². The molecule has 0 aliphatic heterocycles. The highest BCUT2D eigenvalue weighted by Crippen LogP contribution is 2.69. The minimum absolute atomic E-state index is 0.0587. The molecule has 4 rings (SSSR count). The topological polar surface area (TPSA) is 37.3 Å². The Kier molecular flexibility index (Phi) is 3.22. The zero-order valence-electron chi connectivity index (χ0n) is 14.6. The van der Waals surface area contributed by atoms with Crippen LogP contribution in [0.4, 0.5) is 4.39 Å². The van der Waals surface area contributed by atoms with Crippen molar-refractivity contribution in [2.45, 2.75) is 77.5 Å². The van der Waals surface area contributed by atoms with Crippen molar-refractivity contribution in [1.29, 1.82) is 0 Å². The summed E-state index contributed by atoms with van der Waals surface area (Å²) in [5, 5.41) is 11.0. The van der Waals surface area contributed by atoms with Crippen LogP contribution in [0.3, 0.4) is 0 Å². The molecule has 128 valence electrons. The number of carbonyl (C=O) groups is 1. The van der Waals surface area contributed by atoms with Gasteiger partial charge in [-0.2, -0.15) is 0 Å². The van der Waals surface area contributed by atoms with Crippen molar-refractivity contribution >= 4 is 5.78 Å². The molecular formula is C20H29FO2. The minimum Gasteiger partial charge on any atom is -0.390 e. The van der Waals surface area contributed by atoms with Gasteiger partial charge in [-0.05, 0) is 61.9 Å². The molecule has 3 unspecified atom stereocenters. The molecule has 0 amide bonds. The molecule has 0 bridgehead atoms. The van der Waals surface area contributed by atoms with E-state index in [1.165, 1.54) is 0 Å². The van der Waals surface area contributed by atoms with E-state index in [1.54, 1.807) is 6.08 Å². The fourth-order valence-corrected chi connectivity index (χ4v) is 6.82. The lowest BCUT2D eigenvalue weighted by Gasteiger charge is -2.63. The number of carbonyl (C=O) groups excluding carboxylic acids is 1. The van der Waals surface area contributed by atoms with Crippen LogP contribution in [0, 0.1) is 28.6 Å². The highest BCUT2D eigenvalue weighted by atomic mass is 19.1. The quantitative estimate of drug-likeness (QED) is 0.725. The van der Waals surface area contributed by atoms with Gasteiger partial charge in [0.1, 0.15) is 5.67 Å². The molecule has 0 saturated heterocycles. The minimum atomic E-state index is -1.56. The number of hydrogen-bond acceptors (Lipinski definition) is 2. The molecule has 2 nitrogen and oxygen atoms in total. The molecule has 0 spiro atoms. The molecule has 3 heteroatoms. The van der Waals surface area contributed by atoms with Gasteiger partial charge in [-0.25, -0.2) is 4.39 Å². The highest BCUT2D eigenvalue weighted by molar-refractivity contribution is 5.91. The Balaban J connectivity index is 1.81. The van der Waals surface area contributed by atoms with Gasteiger partial charge in [0, 0.05) is 17.8 Å². The number of fused-ring (bicyclic) bond motifs is 5. The molecule has 23 heavy (non-hydrogen) atoms. The summed E-state index contributed by atoms with van der Waals surface area (Å²) >= 11 is 0. The number of rotatable bonds is 0. The first-order valence-electron chi connectivity index (χ1n) is 9.34. The van der Waals surface area contributed by atoms with Gasteiger partial charge in [-0.15, -0.1) is 0 Å². The summed E-state index contributed by atoms with van der Waals surface area (Å²) in [6.45, 7) is 6.52. The summed E-state index contributed by atoms with van der Waals surface area (Å²) in [6.07, 6.45) is 6.19. The van der Waals surface area contributed by atoms with E-state index in [2.05, 4.69) is 13.8 Å². The predicted octanol–water partition coefficient (Wildman–Crippen LogP) is 4.22. The lowest BCUT2D eigenvalue weighted by Crippen LogP contribution is -2.67. The van der Waals surface area contributed by atoms with Crippen molar-refractivity contribution in [3.05, 3.63) is 11.6 Å². The van der Waals surface area contributed by atoms with E-state index in [-0.39, 0.29) is 17.1 Å². The van der Waals surface area contributed by atoms with Crippen LogP contribution in [0.2, 0.25) is 0 Å². The molecule has 7 atom stereocenters. The Hall–Kier alpha value is -0.700. The van der Waals surface area contributed by atoms with E-state index < -0.39 is 17.2 Å². The van der Waals surface area contributed by atoms with Gasteiger partial charge in [0.15, 0.2) is 5.78 Å². The molecule has 0 aromatic heterocycles. The third-order valence-corrected chi connectivity index (χ3v) is 8.51. The van der Waals surface area contributed by atoms with E-state index in [0.29, 0.717) is 31.1 Å². The van der Waals surface area contributed by atoms with Crippen LogP contribution in [0.1, 0.15) is 65.7 Å². The Morgan fingerprint density at radius 1 is 1.17 bits per heavy atom. The van der Waals surface area contributed by atoms with Gasteiger partial charge >= 0.3 is 0 Å². The third kappa shape index (κ3) is 1.75. The van der Waals surface area contributed by atoms with E-state index in [0.717, 1.165) is 31.3 Å². The summed E-state index contributed by atoms with van der Waals surface area (Å²) in [7, 11) is 0. The van der Waals surface area contributed by atoms with Crippen LogP contribution < -0.4 is 0 Å². The summed E-state index contributed by atoms with van der Waals surface area (Å²) in [5.74, 6) is 1.01. The fourth-order valence-electron chi connectivity index (χ4n) is 6.82. The van der Waals surface area contributed by atoms with E-state index in [4.69, 9.17) is 0 Å². The summed E-state index contributed by atoms with van der Waals surface area (Å²) in [4.78, 5) is 11.8. The van der Waals surface area contributed by atoms with Gasteiger partial charge in [0.25, 0.3) is 0 Å². The number of ketones is 1. The molecule has 1 N–H and O–H groups in total. The largest absolute Gasteiger partial charge is 0.390 e. The van der Waals surface area contributed by atoms with Crippen molar-refractivity contribution in [3.63, 3.8) is 0 Å². The lowest BCUT2D eigenvalue weighted by molar-refractivity contribution is -0.207. The van der Waals surface area contributed by atoms with Gasteiger partial charge in [-0.3, -0.25) is 4.79 Å². The van der Waals surface area contributed by atoms with Crippen molar-refractivity contribution in [1.82, 2.24) is 0 Å². The van der Waals surface area contributed by atoms with Crippen molar-refractivity contribution in [2.24, 2.45) is 28.6 Å². The number of halogens is 1. The van der Waals surface area contributed by atoms with Crippen LogP contribution in [-0.4, -0.2) is 22.7 Å². The zero-order valence-corrected chi connectivity index (χ0v) is 14.6. The number of allylic oxidation sites excluding steroid dienone is 1. The number of aliphatic hydroxyl groups is 1. The molecule has 3 saturated carbocycles. The number of alkyl halides is 1. The van der Waals surface area contributed by atoms with Gasteiger partial charge in [0.2, 0.25) is 0 Å². The third-order valence-electron chi connectivity index (χ3n) is 8.51. The highest BCUT2D eigenvalue weighted by Gasteiger charge is 2.70. The van der Waals surface area contributed by atoms with Crippen LogP contribution >= 0.6 is 0 Å². The zero-order chi connectivity index (χ0) is 16.6. The van der Waals surface area contributed by atoms with Crippen molar-refractivity contribution in [3.8, 4) is 0 Å². The average molecular weight is 320 g/mol. The van der Waals surface area contributed by atoms with Crippen LogP contribution in [0.15, 0.2) is 11.6 Å². The molecule has 4 aliphatic rings. The molecule has 0 aromatic carbocycles. The molecule has 4 aliphatic carbocycles. The summed E-state index contributed by atoms with van der Waals surface area (Å²) in [6, 6.07) is 0. The van der Waals surface area contributed by atoms with Gasteiger partial charge in [-0.1, -0.05) is 26.3 Å². The lowest BCUT2D eigenvalue weighted by atomic mass is 9.44. The monoisotopic (exact) mass is 320 g/mol. The molecule has 0 heterocycles. The average Bonchev–Trinajstić information content (AvgIpc) is 2.77. The first-order valence-corrected chi connectivity index (χ1v) is 9.34. The number of aliphatic hydroxyl groups excluding tert-OH is 1. The SMILES string of the molecule is CC1CC[C@H]2[C@@H]3CCC4=CC(=O)CC[C@]4(C)C3(F)C(O)C[C@]12C. The second-order valence-electron chi connectivity index (χ2n) is 9.19. The van der Waals surface area contributed by atoms with E-state index in [9.17, 15) is 9.90 Å². The maximum atomic E-state index is 16.6. The molecule has 0 aromatic rings. The Morgan fingerprint density at radius 2 is 1.91 bits per heavy atom. The molecule has 3 fully saturated rings. The fraction of sp³-hybridized carbons (Fsp3) is 0.850. The second-order valence-corrected chi connectivity index (χ2v) is 9.19. The van der Waals surface area contributed by atoms with Crippen molar-refractivity contribution in [2.75, 3.05) is 0 Å². The summed E-state index contributed by atoms with van der Waals surface area (Å²) in [5.41, 5.74) is -1.19. The van der Waals surface area contributed by atoms with Gasteiger partial charge < -0.3 is 5.11 Å². The predicted molar refractivity (Wildman–Crippen MR) is 87.6 cm³/mol. The van der Waals surface area contributed by atoms with Crippen LogP contribution in [0.25, 0.3) is 0 Å². The first-order chi connectivity index (χ1) is 10.7. The molecular weight excluding hydrogens is 291 g/mol. The Morgan fingerprint density at radius 3 is 2.65 bits per heavy atom. The van der Waals surface area contributed by atoms with Crippen LogP contribution in [0.5, 0.6) is 0 Å². The standard InChI is InChI=1S/C20H29FO2/c1-12-4-6-15-16-7-5-13-10-14(22)8-9-19(13,3)20(16,21)17(23)11-18(12,15)2/h10,12,15-17,23H,4-9,11H2,1-3H3/t12?,15-,16-,17?,18+,19-,20?/m0/s1. The Labute approximate surface area is 138 Å². The van der Waals surface area contributed by atoms with Gasteiger partial charge in [0.05, 0.1) is 6.10 Å². The Bertz CT molecular complexity index is 584. The van der Waals surface area contributed by atoms with E-state index in [1.807, 2.05) is 6.92 Å². The first kappa shape index (κ1) is 15.8. The van der Waals surface area contributed by atoms with Crippen LogP contribution in [-0.2, 0) is 4.79 Å². The maximum absolute atomic E-state index is 16.6. The van der Waals surface area contributed by atoms with Crippen molar-refractivity contribution < 1.29 is 14.3 Å². The smallest absolute Gasteiger partial charge is 0.155 e. The summed E-state index contributed by atoms with van der Waals surface area (Å²) < 4.78 is 16.6.